The fourth-order valence-corrected chi connectivity index (χ4v) is 3.83. The summed E-state index contributed by atoms with van der Waals surface area (Å²) in [7, 11) is 0. The molecular weight excluding hydrogens is 419 g/mol. The molecule has 6 heteroatoms. The average Bonchev–Trinajstić information content (AvgIpc) is 3.03. The molecule has 1 heterocycles. The molecule has 0 unspecified atom stereocenters. The van der Waals surface area contributed by atoms with Gasteiger partial charge in [0.25, 0.3) is 11.8 Å². The van der Waals surface area contributed by atoms with Crippen LogP contribution in [-0.4, -0.2) is 18.4 Å². The SMILES string of the molecule is CCCOc1cccc(NC2=C(c3ccc(F)cc3)C(=O)N(c3ccc(C)cc3C)C2=O)c1. The van der Waals surface area contributed by atoms with Gasteiger partial charge in [0, 0.05) is 11.8 Å². The van der Waals surface area contributed by atoms with E-state index in [4.69, 9.17) is 4.74 Å². The molecule has 3 aromatic carbocycles. The van der Waals surface area contributed by atoms with E-state index in [2.05, 4.69) is 5.32 Å². The Morgan fingerprint density at radius 3 is 2.39 bits per heavy atom. The highest BCUT2D eigenvalue weighted by atomic mass is 19.1. The van der Waals surface area contributed by atoms with Crippen molar-refractivity contribution in [3.8, 4) is 5.75 Å². The fourth-order valence-electron chi connectivity index (χ4n) is 3.83. The van der Waals surface area contributed by atoms with Gasteiger partial charge >= 0.3 is 0 Å². The van der Waals surface area contributed by atoms with Gasteiger partial charge in [-0.15, -0.1) is 0 Å². The largest absolute Gasteiger partial charge is 0.494 e. The Morgan fingerprint density at radius 1 is 0.939 bits per heavy atom. The van der Waals surface area contributed by atoms with Gasteiger partial charge in [0.15, 0.2) is 0 Å². The zero-order chi connectivity index (χ0) is 23.5. The molecule has 0 radical (unpaired) electrons. The lowest BCUT2D eigenvalue weighted by Crippen LogP contribution is -2.33. The van der Waals surface area contributed by atoms with Crippen molar-refractivity contribution in [1.29, 1.82) is 0 Å². The molecule has 0 saturated heterocycles. The third-order valence-electron chi connectivity index (χ3n) is 5.39. The molecule has 5 nitrogen and oxygen atoms in total. The molecular formula is C27H25FN2O3. The zero-order valence-electron chi connectivity index (χ0n) is 18.8. The van der Waals surface area contributed by atoms with Gasteiger partial charge in [0.05, 0.1) is 17.9 Å². The van der Waals surface area contributed by atoms with Gasteiger partial charge < -0.3 is 10.1 Å². The van der Waals surface area contributed by atoms with E-state index in [1.807, 2.05) is 45.0 Å². The minimum absolute atomic E-state index is 0.138. The number of halogens is 1. The van der Waals surface area contributed by atoms with Crippen LogP contribution in [0, 0.1) is 19.7 Å². The van der Waals surface area contributed by atoms with Gasteiger partial charge in [-0.25, -0.2) is 9.29 Å². The summed E-state index contributed by atoms with van der Waals surface area (Å²) in [5.41, 5.74) is 3.77. The van der Waals surface area contributed by atoms with Gasteiger partial charge in [-0.3, -0.25) is 9.59 Å². The molecule has 0 saturated carbocycles. The van der Waals surface area contributed by atoms with Crippen LogP contribution in [0.4, 0.5) is 15.8 Å². The van der Waals surface area contributed by atoms with Gasteiger partial charge in [0.2, 0.25) is 0 Å². The topological polar surface area (TPSA) is 58.6 Å². The van der Waals surface area contributed by atoms with Gasteiger partial charge in [-0.1, -0.05) is 42.8 Å². The van der Waals surface area contributed by atoms with E-state index in [1.165, 1.54) is 29.2 Å². The highest BCUT2D eigenvalue weighted by Gasteiger charge is 2.40. The number of benzene rings is 3. The number of hydrogen-bond donors (Lipinski definition) is 1. The number of rotatable bonds is 7. The first kappa shape index (κ1) is 22.3. The molecule has 168 valence electrons. The molecule has 3 aromatic rings. The Kier molecular flexibility index (Phi) is 6.27. The van der Waals surface area contributed by atoms with Crippen LogP contribution in [0.25, 0.3) is 5.57 Å². The van der Waals surface area contributed by atoms with E-state index >= 15 is 0 Å². The number of anilines is 2. The van der Waals surface area contributed by atoms with Crippen LogP contribution < -0.4 is 15.0 Å². The number of carbonyl (C=O) groups excluding carboxylic acids is 2. The van der Waals surface area contributed by atoms with Gasteiger partial charge in [-0.05, 0) is 61.7 Å². The summed E-state index contributed by atoms with van der Waals surface area (Å²) in [5.74, 6) is -0.683. The Morgan fingerprint density at radius 2 is 1.70 bits per heavy atom. The van der Waals surface area contributed by atoms with Crippen molar-refractivity contribution in [2.45, 2.75) is 27.2 Å². The number of ether oxygens (including phenoxy) is 1. The molecule has 1 aliphatic rings. The summed E-state index contributed by atoms with van der Waals surface area (Å²) in [6.07, 6.45) is 0.870. The highest BCUT2D eigenvalue weighted by Crippen LogP contribution is 2.35. The van der Waals surface area contributed by atoms with E-state index < -0.39 is 17.6 Å². The van der Waals surface area contributed by atoms with E-state index in [0.717, 1.165) is 17.5 Å². The quantitative estimate of drug-likeness (QED) is 0.480. The molecule has 0 spiro atoms. The molecule has 1 aliphatic heterocycles. The maximum atomic E-state index is 13.6. The molecule has 33 heavy (non-hydrogen) atoms. The minimum atomic E-state index is -0.467. The number of amides is 2. The van der Waals surface area contributed by atoms with Crippen LogP contribution in [-0.2, 0) is 9.59 Å². The molecule has 0 fully saturated rings. The third-order valence-corrected chi connectivity index (χ3v) is 5.39. The highest BCUT2D eigenvalue weighted by molar-refractivity contribution is 6.46. The molecule has 0 aliphatic carbocycles. The smallest absolute Gasteiger partial charge is 0.282 e. The number of nitrogens with one attached hydrogen (secondary N) is 1. The van der Waals surface area contributed by atoms with Crippen LogP contribution in [0.2, 0.25) is 0 Å². The summed E-state index contributed by atoms with van der Waals surface area (Å²) < 4.78 is 19.3. The van der Waals surface area contributed by atoms with Crippen molar-refractivity contribution in [2.24, 2.45) is 0 Å². The van der Waals surface area contributed by atoms with Gasteiger partial charge in [-0.2, -0.15) is 0 Å². The van der Waals surface area contributed by atoms with Crippen molar-refractivity contribution in [1.82, 2.24) is 0 Å². The van der Waals surface area contributed by atoms with Crippen LogP contribution in [0.15, 0.2) is 72.4 Å². The summed E-state index contributed by atoms with van der Waals surface area (Å²) in [5, 5.41) is 3.13. The first-order valence-electron chi connectivity index (χ1n) is 10.8. The summed E-state index contributed by atoms with van der Waals surface area (Å²) >= 11 is 0. The third kappa shape index (κ3) is 4.51. The van der Waals surface area contributed by atoms with Crippen LogP contribution >= 0.6 is 0 Å². The maximum Gasteiger partial charge on any atom is 0.282 e. The molecule has 0 bridgehead atoms. The fraction of sp³-hybridized carbons (Fsp3) is 0.185. The maximum absolute atomic E-state index is 13.6. The summed E-state index contributed by atoms with van der Waals surface area (Å²) in [6, 6.07) is 18.3. The van der Waals surface area contributed by atoms with Gasteiger partial charge in [0.1, 0.15) is 17.3 Å². The second kappa shape index (κ2) is 9.28. The Bertz CT molecular complexity index is 1250. The van der Waals surface area contributed by atoms with Crippen LogP contribution in [0.5, 0.6) is 5.75 Å². The van der Waals surface area contributed by atoms with Crippen molar-refractivity contribution in [3.05, 3.63) is 94.9 Å². The van der Waals surface area contributed by atoms with E-state index in [9.17, 15) is 14.0 Å². The second-order valence-corrected chi connectivity index (χ2v) is 7.99. The normalized spacial score (nSPS) is 13.6. The number of imide groups is 1. The molecule has 0 aromatic heterocycles. The first-order chi connectivity index (χ1) is 15.9. The first-order valence-corrected chi connectivity index (χ1v) is 10.8. The molecule has 4 rings (SSSR count). The number of aryl methyl sites for hydroxylation is 2. The Labute approximate surface area is 192 Å². The lowest BCUT2D eigenvalue weighted by molar-refractivity contribution is -0.120. The Hall–Kier alpha value is -3.93. The lowest BCUT2D eigenvalue weighted by atomic mass is 10.0. The van der Waals surface area contributed by atoms with E-state index in [0.29, 0.717) is 29.3 Å². The molecule has 1 N–H and O–H groups in total. The zero-order valence-corrected chi connectivity index (χ0v) is 18.8. The lowest BCUT2D eigenvalue weighted by Gasteiger charge is -2.18. The standard InChI is InChI=1S/C27H25FN2O3/c1-4-14-33-22-7-5-6-21(16-22)29-25-24(19-9-11-20(28)12-10-19)26(31)30(27(25)32)23-13-8-17(2)15-18(23)3/h5-13,15-16,29H,4,14H2,1-3H3. The van der Waals surface area contributed by atoms with Crippen LogP contribution in [0.1, 0.15) is 30.0 Å². The number of carbonyl (C=O) groups is 2. The molecule has 2 amide bonds. The summed E-state index contributed by atoms with van der Waals surface area (Å²) in [4.78, 5) is 28.3. The second-order valence-electron chi connectivity index (χ2n) is 7.99. The minimum Gasteiger partial charge on any atom is -0.494 e. The predicted molar refractivity (Wildman–Crippen MR) is 128 cm³/mol. The number of nitrogens with zero attached hydrogens (tertiary/aromatic N) is 1. The molecule has 0 atom stereocenters. The van der Waals surface area contributed by atoms with Crippen molar-refractivity contribution in [3.63, 3.8) is 0 Å². The Balaban J connectivity index is 1.78. The average molecular weight is 445 g/mol. The number of hydrogen-bond acceptors (Lipinski definition) is 4. The summed E-state index contributed by atoms with van der Waals surface area (Å²) in [6.45, 7) is 6.41. The van der Waals surface area contributed by atoms with Crippen molar-refractivity contribution >= 4 is 28.8 Å². The van der Waals surface area contributed by atoms with Crippen molar-refractivity contribution < 1.29 is 18.7 Å². The van der Waals surface area contributed by atoms with Crippen molar-refractivity contribution in [2.75, 3.05) is 16.8 Å². The van der Waals surface area contributed by atoms with E-state index in [1.54, 1.807) is 18.2 Å². The predicted octanol–water partition coefficient (Wildman–Crippen LogP) is 5.63. The monoisotopic (exact) mass is 444 g/mol. The van der Waals surface area contributed by atoms with Crippen LogP contribution in [0.3, 0.4) is 0 Å². The van der Waals surface area contributed by atoms with E-state index in [-0.39, 0.29) is 11.3 Å².